The van der Waals surface area contributed by atoms with Crippen molar-refractivity contribution in [3.05, 3.63) is 17.4 Å². The average molecular weight is 323 g/mol. The first-order chi connectivity index (χ1) is 10.7. The van der Waals surface area contributed by atoms with Crippen LogP contribution >= 0.6 is 11.6 Å². The molecule has 0 radical (unpaired) electrons. The van der Waals surface area contributed by atoms with E-state index < -0.39 is 0 Å². The fourth-order valence-electron chi connectivity index (χ4n) is 2.71. The highest BCUT2D eigenvalue weighted by Gasteiger charge is 2.17. The summed E-state index contributed by atoms with van der Waals surface area (Å²) >= 11 is 6.06. The van der Waals surface area contributed by atoms with E-state index in [-0.39, 0.29) is 5.28 Å². The van der Waals surface area contributed by atoms with Crippen molar-refractivity contribution < 1.29 is 9.47 Å². The lowest BCUT2D eigenvalue weighted by atomic mass is 10.1. The zero-order chi connectivity index (χ0) is 15.5. The van der Waals surface area contributed by atoms with Gasteiger partial charge in [0, 0.05) is 24.0 Å². The Morgan fingerprint density at radius 2 is 2.00 bits per heavy atom. The summed E-state index contributed by atoms with van der Waals surface area (Å²) in [7, 11) is 3.21. The average Bonchev–Trinajstić information content (AvgIpc) is 2.54. The van der Waals surface area contributed by atoms with E-state index in [2.05, 4.69) is 20.6 Å². The van der Waals surface area contributed by atoms with E-state index in [1.54, 1.807) is 14.2 Å². The highest BCUT2D eigenvalue weighted by Crippen LogP contribution is 2.34. The normalized spacial score (nSPS) is 18.2. The van der Waals surface area contributed by atoms with Gasteiger partial charge in [-0.3, -0.25) is 0 Å². The van der Waals surface area contributed by atoms with Crippen molar-refractivity contribution >= 4 is 28.3 Å². The van der Waals surface area contributed by atoms with E-state index in [0.29, 0.717) is 17.5 Å². The molecule has 22 heavy (non-hydrogen) atoms. The summed E-state index contributed by atoms with van der Waals surface area (Å²) in [5.74, 6) is 1.99. The van der Waals surface area contributed by atoms with Crippen LogP contribution in [-0.4, -0.2) is 43.3 Å². The smallest absolute Gasteiger partial charge is 0.224 e. The Kier molecular flexibility index (Phi) is 4.49. The van der Waals surface area contributed by atoms with Gasteiger partial charge < -0.3 is 20.1 Å². The Morgan fingerprint density at radius 1 is 1.23 bits per heavy atom. The summed E-state index contributed by atoms with van der Waals surface area (Å²) in [4.78, 5) is 8.62. The number of hydrogen-bond acceptors (Lipinski definition) is 6. The number of aromatic nitrogens is 2. The van der Waals surface area contributed by atoms with Gasteiger partial charge in [0.2, 0.25) is 5.28 Å². The lowest BCUT2D eigenvalue weighted by Gasteiger charge is -2.25. The third kappa shape index (κ3) is 3.03. The van der Waals surface area contributed by atoms with Crippen LogP contribution in [-0.2, 0) is 0 Å². The molecule has 118 valence electrons. The Morgan fingerprint density at radius 3 is 2.68 bits per heavy atom. The summed E-state index contributed by atoms with van der Waals surface area (Å²) in [5, 5.41) is 7.92. The van der Waals surface area contributed by atoms with Gasteiger partial charge in [0.1, 0.15) is 5.82 Å². The van der Waals surface area contributed by atoms with Crippen LogP contribution in [0.1, 0.15) is 12.8 Å². The second-order valence-corrected chi connectivity index (χ2v) is 5.59. The lowest BCUT2D eigenvalue weighted by molar-refractivity contribution is 0.356. The van der Waals surface area contributed by atoms with Gasteiger partial charge in [-0.25, -0.2) is 9.97 Å². The number of benzene rings is 1. The van der Waals surface area contributed by atoms with Crippen LogP contribution < -0.4 is 20.1 Å². The Labute approximate surface area is 134 Å². The second kappa shape index (κ2) is 6.54. The first-order valence-electron chi connectivity index (χ1n) is 7.28. The number of nitrogens with one attached hydrogen (secondary N) is 2. The standard InChI is InChI=1S/C15H19ClN4O2/c1-21-12-6-10-11(7-13(12)22-2)19-15(16)20-14(10)18-9-4-3-5-17-8-9/h6-7,9,17H,3-5,8H2,1-2H3,(H,18,19,20). The third-order valence-electron chi connectivity index (χ3n) is 3.81. The van der Waals surface area contributed by atoms with Gasteiger partial charge in [-0.2, -0.15) is 0 Å². The Hall–Kier alpha value is -1.79. The maximum Gasteiger partial charge on any atom is 0.224 e. The highest BCUT2D eigenvalue weighted by molar-refractivity contribution is 6.28. The summed E-state index contributed by atoms with van der Waals surface area (Å²) in [6.45, 7) is 1.98. The Balaban J connectivity index is 2.03. The molecule has 0 aliphatic carbocycles. The molecule has 7 heteroatoms. The molecule has 1 aliphatic heterocycles. The van der Waals surface area contributed by atoms with E-state index in [9.17, 15) is 0 Å². The predicted octanol–water partition coefficient (Wildman–Crippen LogP) is 2.46. The largest absolute Gasteiger partial charge is 0.493 e. The molecule has 3 rings (SSSR count). The number of hydrogen-bond donors (Lipinski definition) is 2. The quantitative estimate of drug-likeness (QED) is 0.843. The van der Waals surface area contributed by atoms with Crippen LogP contribution in [0, 0.1) is 0 Å². The Bertz CT molecular complexity index is 674. The van der Waals surface area contributed by atoms with Crippen LogP contribution in [0.3, 0.4) is 0 Å². The predicted molar refractivity (Wildman–Crippen MR) is 87.2 cm³/mol. The van der Waals surface area contributed by atoms with Crippen LogP contribution in [0.4, 0.5) is 5.82 Å². The molecule has 0 bridgehead atoms. The molecule has 1 fully saturated rings. The third-order valence-corrected chi connectivity index (χ3v) is 3.98. The van der Waals surface area contributed by atoms with E-state index in [1.807, 2.05) is 12.1 Å². The number of anilines is 1. The first kappa shape index (κ1) is 15.1. The van der Waals surface area contributed by atoms with Gasteiger partial charge in [0.15, 0.2) is 11.5 Å². The number of methoxy groups -OCH3 is 2. The number of halogens is 1. The summed E-state index contributed by atoms with van der Waals surface area (Å²) in [6, 6.07) is 4.02. The lowest BCUT2D eigenvalue weighted by Crippen LogP contribution is -2.38. The van der Waals surface area contributed by atoms with Crippen molar-refractivity contribution in [1.29, 1.82) is 0 Å². The zero-order valence-corrected chi connectivity index (χ0v) is 13.4. The van der Waals surface area contributed by atoms with Crippen LogP contribution in [0.15, 0.2) is 12.1 Å². The van der Waals surface area contributed by atoms with Gasteiger partial charge in [-0.05, 0) is 37.1 Å². The fraction of sp³-hybridized carbons (Fsp3) is 0.467. The monoisotopic (exact) mass is 322 g/mol. The summed E-state index contributed by atoms with van der Waals surface area (Å²) in [6.07, 6.45) is 2.25. The molecule has 2 heterocycles. The van der Waals surface area contributed by atoms with Crippen LogP contribution in [0.5, 0.6) is 11.5 Å². The molecule has 1 saturated heterocycles. The molecule has 1 unspecified atom stereocenters. The second-order valence-electron chi connectivity index (χ2n) is 5.25. The van der Waals surface area contributed by atoms with Gasteiger partial charge in [-0.15, -0.1) is 0 Å². The molecule has 2 N–H and O–H groups in total. The van der Waals surface area contributed by atoms with E-state index in [4.69, 9.17) is 21.1 Å². The van der Waals surface area contributed by atoms with Crippen molar-refractivity contribution in [3.63, 3.8) is 0 Å². The molecule has 0 saturated carbocycles. The topological polar surface area (TPSA) is 68.3 Å². The van der Waals surface area contributed by atoms with E-state index >= 15 is 0 Å². The van der Waals surface area contributed by atoms with Crippen molar-refractivity contribution in [1.82, 2.24) is 15.3 Å². The van der Waals surface area contributed by atoms with Gasteiger partial charge in [-0.1, -0.05) is 0 Å². The number of piperidine rings is 1. The number of nitrogens with zero attached hydrogens (tertiary/aromatic N) is 2. The SMILES string of the molecule is COc1cc2nc(Cl)nc(NC3CCCNC3)c2cc1OC. The van der Waals surface area contributed by atoms with Crippen molar-refractivity contribution in [2.75, 3.05) is 32.6 Å². The van der Waals surface area contributed by atoms with Crippen LogP contribution in [0.25, 0.3) is 10.9 Å². The van der Waals surface area contributed by atoms with Crippen LogP contribution in [0.2, 0.25) is 5.28 Å². The van der Waals surface area contributed by atoms with E-state index in [1.165, 1.54) is 0 Å². The molecule has 1 aromatic carbocycles. The molecule has 1 atom stereocenters. The zero-order valence-electron chi connectivity index (χ0n) is 12.6. The molecule has 2 aromatic rings. The van der Waals surface area contributed by atoms with Crippen molar-refractivity contribution in [2.45, 2.75) is 18.9 Å². The minimum atomic E-state index is 0.214. The minimum absolute atomic E-state index is 0.214. The fourth-order valence-corrected chi connectivity index (χ4v) is 2.88. The van der Waals surface area contributed by atoms with Crippen molar-refractivity contribution in [3.8, 4) is 11.5 Å². The summed E-state index contributed by atoms with van der Waals surface area (Å²) < 4.78 is 10.7. The van der Waals surface area contributed by atoms with Gasteiger partial charge >= 0.3 is 0 Å². The van der Waals surface area contributed by atoms with Gasteiger partial charge in [0.05, 0.1) is 19.7 Å². The van der Waals surface area contributed by atoms with E-state index in [0.717, 1.165) is 42.7 Å². The number of fused-ring (bicyclic) bond motifs is 1. The van der Waals surface area contributed by atoms with Crippen molar-refractivity contribution in [2.24, 2.45) is 0 Å². The molecular formula is C15H19ClN4O2. The molecular weight excluding hydrogens is 304 g/mol. The number of ether oxygens (including phenoxy) is 2. The maximum atomic E-state index is 6.06. The molecule has 0 spiro atoms. The first-order valence-corrected chi connectivity index (χ1v) is 7.65. The minimum Gasteiger partial charge on any atom is -0.493 e. The summed E-state index contributed by atoms with van der Waals surface area (Å²) in [5.41, 5.74) is 0.726. The highest BCUT2D eigenvalue weighted by atomic mass is 35.5. The maximum absolute atomic E-state index is 6.06. The number of rotatable bonds is 4. The van der Waals surface area contributed by atoms with Gasteiger partial charge in [0.25, 0.3) is 0 Å². The molecule has 6 nitrogen and oxygen atoms in total. The molecule has 1 aliphatic rings. The molecule has 0 amide bonds. The molecule has 1 aromatic heterocycles.